The van der Waals surface area contributed by atoms with Crippen molar-refractivity contribution in [3.05, 3.63) is 29.3 Å². The van der Waals surface area contributed by atoms with Crippen LogP contribution in [0.1, 0.15) is 46.0 Å². The molecule has 0 aliphatic rings. The Kier molecular flexibility index (Phi) is 9.75. The van der Waals surface area contributed by atoms with Crippen LogP contribution in [0.4, 0.5) is 0 Å². The van der Waals surface area contributed by atoms with Gasteiger partial charge in [0.1, 0.15) is 11.8 Å². The summed E-state index contributed by atoms with van der Waals surface area (Å²) in [5.74, 6) is -0.215. The molecule has 0 aliphatic carbocycles. The molecule has 2 atom stereocenters. The molecule has 8 heteroatoms. The van der Waals surface area contributed by atoms with Crippen LogP contribution < -0.4 is 9.61 Å². The fraction of sp³-hybridized carbons (Fsp3) is 0.562. The van der Waals surface area contributed by atoms with Gasteiger partial charge in [0.05, 0.1) is 6.61 Å². The molecule has 1 unspecified atom stereocenters. The van der Waals surface area contributed by atoms with Crippen LogP contribution in [-0.4, -0.2) is 18.6 Å². The fourth-order valence-corrected chi connectivity index (χ4v) is 3.76. The van der Waals surface area contributed by atoms with E-state index in [-0.39, 0.29) is 0 Å². The van der Waals surface area contributed by atoms with Gasteiger partial charge in [0.15, 0.2) is 0 Å². The number of unbranched alkanes of at least 4 members (excludes halogenated alkanes) is 4. The van der Waals surface area contributed by atoms with Gasteiger partial charge in [-0.05, 0) is 37.6 Å². The first kappa shape index (κ1) is 21.3. The van der Waals surface area contributed by atoms with Crippen LogP contribution in [0.15, 0.2) is 24.3 Å². The average molecular weight is 396 g/mol. The van der Waals surface area contributed by atoms with Crippen LogP contribution in [0.5, 0.6) is 5.75 Å². The lowest BCUT2D eigenvalue weighted by Gasteiger charge is -2.18. The lowest BCUT2D eigenvalue weighted by molar-refractivity contribution is -0.145. The number of ether oxygens (including phenoxy) is 1. The number of hydrogen-bond donors (Lipinski definition) is 1. The maximum atomic E-state index is 12.2. The molecule has 0 radical (unpaired) electrons. The van der Waals surface area contributed by atoms with Gasteiger partial charge >= 0.3 is 12.8 Å². The minimum Gasteiger partial charge on any atom is -0.465 e. The number of hydrogen-bond acceptors (Lipinski definition) is 4. The summed E-state index contributed by atoms with van der Waals surface area (Å²) in [4.78, 5) is 11.9. The number of carbonyl (C=O) groups excluding carboxylic acids is 1. The van der Waals surface area contributed by atoms with Crippen molar-refractivity contribution in [1.29, 1.82) is 0 Å². The summed E-state index contributed by atoms with van der Waals surface area (Å²) < 4.78 is 22.6. The Bertz CT molecular complexity index is 554. The van der Waals surface area contributed by atoms with E-state index >= 15 is 0 Å². The van der Waals surface area contributed by atoms with Crippen LogP contribution in [0, 0.1) is 0 Å². The van der Waals surface area contributed by atoms with E-state index in [4.69, 9.17) is 32.1 Å². The molecule has 136 valence electrons. The maximum absolute atomic E-state index is 12.2. The highest BCUT2D eigenvalue weighted by Crippen LogP contribution is 2.48. The molecule has 0 amide bonds. The lowest BCUT2D eigenvalue weighted by atomic mass is 10.2. The third-order valence-electron chi connectivity index (χ3n) is 3.23. The van der Waals surface area contributed by atoms with Crippen molar-refractivity contribution in [2.75, 3.05) is 6.61 Å². The Morgan fingerprint density at radius 1 is 1.21 bits per heavy atom. The Balaban J connectivity index is 2.35. The van der Waals surface area contributed by atoms with Gasteiger partial charge in [0, 0.05) is 16.3 Å². The molecule has 0 saturated carbocycles. The summed E-state index contributed by atoms with van der Waals surface area (Å²) in [5, 5.41) is 3.00. The summed E-state index contributed by atoms with van der Waals surface area (Å²) in [7, 11) is 0. The van der Waals surface area contributed by atoms with Crippen molar-refractivity contribution in [2.45, 2.75) is 52.0 Å². The summed E-state index contributed by atoms with van der Waals surface area (Å²) in [6, 6.07) is 5.42. The molecule has 1 rings (SSSR count). The normalized spacial score (nSPS) is 14.7. The van der Waals surface area contributed by atoms with Crippen LogP contribution in [0.3, 0.4) is 0 Å². The molecular weight excluding hydrogens is 372 g/mol. The summed E-state index contributed by atoms with van der Waals surface area (Å²) >= 11 is 11.6. The second-order valence-electron chi connectivity index (χ2n) is 5.46. The number of rotatable bonds is 11. The minimum absolute atomic E-state index is 0.293. The largest absolute Gasteiger partial charge is 0.465 e. The maximum Gasteiger partial charge on any atom is 0.409 e. The van der Waals surface area contributed by atoms with Crippen LogP contribution in [0.25, 0.3) is 0 Å². The van der Waals surface area contributed by atoms with Crippen molar-refractivity contribution in [3.8, 4) is 5.75 Å². The SMILES string of the molecule is CCCCCCCOC(=O)[C@H](C)NP(=O)(Cl)Oc1ccc(Cl)cc1. The second kappa shape index (κ2) is 11.0. The third kappa shape index (κ3) is 8.93. The molecule has 0 bridgehead atoms. The zero-order valence-electron chi connectivity index (χ0n) is 14.0. The van der Waals surface area contributed by atoms with E-state index in [0.717, 1.165) is 19.3 Å². The van der Waals surface area contributed by atoms with Crippen molar-refractivity contribution in [1.82, 2.24) is 5.09 Å². The van der Waals surface area contributed by atoms with Crippen LogP contribution in [0.2, 0.25) is 5.02 Å². The highest BCUT2D eigenvalue weighted by molar-refractivity contribution is 7.84. The van der Waals surface area contributed by atoms with Gasteiger partial charge in [0.25, 0.3) is 0 Å². The molecule has 1 aromatic carbocycles. The first-order valence-electron chi connectivity index (χ1n) is 8.03. The highest BCUT2D eigenvalue weighted by atomic mass is 35.7. The molecule has 0 aliphatic heterocycles. The van der Waals surface area contributed by atoms with Crippen LogP contribution >= 0.6 is 29.7 Å². The third-order valence-corrected chi connectivity index (χ3v) is 5.12. The summed E-state index contributed by atoms with van der Waals surface area (Å²) in [6.45, 7) is 0.302. The molecule has 0 saturated heterocycles. The Morgan fingerprint density at radius 3 is 2.46 bits per heavy atom. The first-order chi connectivity index (χ1) is 11.3. The van der Waals surface area contributed by atoms with Gasteiger partial charge in [-0.25, -0.2) is 9.65 Å². The topological polar surface area (TPSA) is 64.6 Å². The Hall–Kier alpha value is -0.740. The molecule has 24 heavy (non-hydrogen) atoms. The van der Waals surface area contributed by atoms with Gasteiger partial charge in [-0.2, -0.15) is 0 Å². The molecule has 1 N–H and O–H groups in total. The average Bonchev–Trinajstić information content (AvgIpc) is 2.52. The van der Waals surface area contributed by atoms with Crippen molar-refractivity contribution >= 4 is 35.7 Å². The number of carbonyl (C=O) groups is 1. The van der Waals surface area contributed by atoms with Crippen molar-refractivity contribution in [3.63, 3.8) is 0 Å². The molecule has 1 aromatic rings. The Morgan fingerprint density at radius 2 is 1.83 bits per heavy atom. The van der Waals surface area contributed by atoms with E-state index in [2.05, 4.69) is 12.0 Å². The number of halogens is 2. The monoisotopic (exact) mass is 395 g/mol. The predicted molar refractivity (Wildman–Crippen MR) is 97.9 cm³/mol. The van der Waals surface area contributed by atoms with E-state index in [1.54, 1.807) is 24.3 Å². The molecule has 0 spiro atoms. The second-order valence-corrected chi connectivity index (χ2v) is 8.63. The standard InChI is InChI=1S/C16H24Cl2NO4P/c1-3-4-5-6-7-12-22-16(20)13(2)19-24(18,21)23-15-10-8-14(17)9-11-15/h8-11,13H,3-7,12H2,1-2H3,(H,19,21)/t13-,24?/m0/s1. The Labute approximate surface area is 153 Å². The van der Waals surface area contributed by atoms with E-state index in [9.17, 15) is 9.36 Å². The van der Waals surface area contributed by atoms with Gasteiger partial charge in [0.2, 0.25) is 0 Å². The zero-order chi connectivity index (χ0) is 18.0. The van der Waals surface area contributed by atoms with Gasteiger partial charge in [-0.3, -0.25) is 4.79 Å². The van der Waals surface area contributed by atoms with E-state index in [1.165, 1.54) is 19.8 Å². The quantitative estimate of drug-likeness (QED) is 0.302. The predicted octanol–water partition coefficient (Wildman–Crippen LogP) is 5.56. The summed E-state index contributed by atoms with van der Waals surface area (Å²) in [5.41, 5.74) is 0. The molecule has 5 nitrogen and oxygen atoms in total. The van der Waals surface area contributed by atoms with E-state index in [1.807, 2.05) is 0 Å². The minimum atomic E-state index is -3.72. The van der Waals surface area contributed by atoms with Gasteiger partial charge in [-0.15, -0.1) is 0 Å². The first-order valence-corrected chi connectivity index (χ1v) is 10.9. The van der Waals surface area contributed by atoms with Crippen molar-refractivity contribution in [2.24, 2.45) is 0 Å². The van der Waals surface area contributed by atoms with E-state index in [0.29, 0.717) is 17.4 Å². The number of benzene rings is 1. The zero-order valence-corrected chi connectivity index (χ0v) is 16.4. The number of esters is 1. The van der Waals surface area contributed by atoms with Gasteiger partial charge < -0.3 is 9.26 Å². The smallest absolute Gasteiger partial charge is 0.409 e. The summed E-state index contributed by atoms with van der Waals surface area (Å²) in [6.07, 6.45) is 5.32. The molecular formula is C16H24Cl2NO4P. The van der Waals surface area contributed by atoms with Crippen LogP contribution in [-0.2, 0) is 14.1 Å². The van der Waals surface area contributed by atoms with Gasteiger partial charge in [-0.1, -0.05) is 44.2 Å². The van der Waals surface area contributed by atoms with Crippen molar-refractivity contribution < 1.29 is 18.6 Å². The fourth-order valence-electron chi connectivity index (χ4n) is 1.94. The molecule has 0 aromatic heterocycles. The molecule has 0 fully saturated rings. The molecule has 0 heterocycles. The number of nitrogens with one attached hydrogen (secondary N) is 1. The lowest BCUT2D eigenvalue weighted by Crippen LogP contribution is -2.33. The van der Waals surface area contributed by atoms with E-state index < -0.39 is 18.9 Å². The highest BCUT2D eigenvalue weighted by Gasteiger charge is 2.28.